The molecule has 1 saturated carbocycles. The van der Waals surface area contributed by atoms with Crippen LogP contribution in [0, 0.1) is 0 Å². The molecule has 1 unspecified atom stereocenters. The average Bonchev–Trinajstić information content (AvgIpc) is 3.29. The summed E-state index contributed by atoms with van der Waals surface area (Å²) in [7, 11) is 0. The highest BCUT2D eigenvalue weighted by Gasteiger charge is 2.29. The van der Waals surface area contributed by atoms with Gasteiger partial charge in [0.2, 0.25) is 0 Å². The molecule has 0 amide bonds. The maximum absolute atomic E-state index is 4.72. The van der Waals surface area contributed by atoms with Crippen LogP contribution in [-0.4, -0.2) is 48.1 Å². The number of hydrogen-bond acceptors (Lipinski definition) is 4. The highest BCUT2D eigenvalue weighted by Crippen LogP contribution is 2.24. The first kappa shape index (κ1) is 13.5. The van der Waals surface area contributed by atoms with Crippen LogP contribution in [-0.2, 0) is 6.54 Å². The third-order valence-electron chi connectivity index (χ3n) is 5.11. The quantitative estimate of drug-likeness (QED) is 0.917. The Balaban J connectivity index is 1.39. The van der Waals surface area contributed by atoms with Crippen LogP contribution >= 0.6 is 0 Å². The molecule has 0 radical (unpaired) electrons. The van der Waals surface area contributed by atoms with E-state index < -0.39 is 0 Å². The summed E-state index contributed by atoms with van der Waals surface area (Å²) in [6.07, 6.45) is 8.75. The van der Waals surface area contributed by atoms with Crippen LogP contribution in [0.4, 0.5) is 5.82 Å². The Kier molecular flexibility index (Phi) is 3.82. The summed E-state index contributed by atoms with van der Waals surface area (Å²) in [5, 5.41) is 3.55. The van der Waals surface area contributed by atoms with Gasteiger partial charge in [-0.15, -0.1) is 0 Å². The van der Waals surface area contributed by atoms with Gasteiger partial charge in [0, 0.05) is 44.5 Å². The maximum Gasteiger partial charge on any atom is 0.128 e. The first-order valence-electron chi connectivity index (χ1n) is 8.56. The molecule has 2 aliphatic heterocycles. The Morgan fingerprint density at radius 3 is 2.81 bits per heavy atom. The van der Waals surface area contributed by atoms with Gasteiger partial charge in [-0.25, -0.2) is 4.98 Å². The molecule has 1 aromatic rings. The molecule has 1 atom stereocenters. The molecule has 2 saturated heterocycles. The van der Waals surface area contributed by atoms with Gasteiger partial charge in [-0.3, -0.25) is 4.90 Å². The fourth-order valence-corrected chi connectivity index (χ4v) is 3.67. The van der Waals surface area contributed by atoms with E-state index in [1.54, 1.807) is 0 Å². The van der Waals surface area contributed by atoms with E-state index in [1.165, 1.54) is 56.6 Å². The van der Waals surface area contributed by atoms with Gasteiger partial charge < -0.3 is 10.2 Å². The predicted octanol–water partition coefficient (Wildman–Crippen LogP) is 2.01. The van der Waals surface area contributed by atoms with Crippen LogP contribution < -0.4 is 10.2 Å². The Morgan fingerprint density at radius 1 is 1.10 bits per heavy atom. The number of hydrogen-bond donors (Lipinski definition) is 1. The number of anilines is 1. The molecule has 1 aromatic heterocycles. The molecule has 1 N–H and O–H groups in total. The van der Waals surface area contributed by atoms with E-state index in [2.05, 4.69) is 33.4 Å². The Bertz CT molecular complexity index is 468. The standard InChI is InChI=1S/C17H26N4/c1-3-16-13-21(10-2-9-20(16)8-1)17-7-4-14(12-19-17)11-18-15-5-6-15/h4,7,12,15-16,18H,1-3,5-6,8-11,13H2. The number of pyridine rings is 1. The van der Waals surface area contributed by atoms with Crippen LogP contribution in [0.15, 0.2) is 18.3 Å². The summed E-state index contributed by atoms with van der Waals surface area (Å²) in [5.41, 5.74) is 1.31. The number of fused-ring (bicyclic) bond motifs is 1. The summed E-state index contributed by atoms with van der Waals surface area (Å²) >= 11 is 0. The third kappa shape index (κ3) is 3.22. The summed E-state index contributed by atoms with van der Waals surface area (Å²) in [6.45, 7) is 5.85. The molecule has 114 valence electrons. The monoisotopic (exact) mass is 286 g/mol. The van der Waals surface area contributed by atoms with Crippen molar-refractivity contribution in [3.63, 3.8) is 0 Å². The SMILES string of the molecule is c1cc(N2CCCN3CCCC3C2)ncc1CNC1CC1. The fraction of sp³-hybridized carbons (Fsp3) is 0.706. The minimum Gasteiger partial charge on any atom is -0.355 e. The van der Waals surface area contributed by atoms with Crippen LogP contribution in [0.3, 0.4) is 0 Å². The summed E-state index contributed by atoms with van der Waals surface area (Å²) in [4.78, 5) is 9.89. The van der Waals surface area contributed by atoms with E-state index in [0.717, 1.165) is 31.7 Å². The highest BCUT2D eigenvalue weighted by atomic mass is 15.3. The van der Waals surface area contributed by atoms with Crippen LogP contribution in [0.5, 0.6) is 0 Å². The first-order chi connectivity index (χ1) is 10.4. The number of aromatic nitrogens is 1. The largest absolute Gasteiger partial charge is 0.355 e. The van der Waals surface area contributed by atoms with Crippen molar-refractivity contribution in [3.8, 4) is 0 Å². The summed E-state index contributed by atoms with van der Waals surface area (Å²) in [6, 6.07) is 5.98. The maximum atomic E-state index is 4.72. The van der Waals surface area contributed by atoms with Crippen LogP contribution in [0.1, 0.15) is 37.7 Å². The Morgan fingerprint density at radius 2 is 2.00 bits per heavy atom. The molecule has 0 bridgehead atoms. The Labute approximate surface area is 127 Å². The van der Waals surface area contributed by atoms with Crippen molar-refractivity contribution in [2.75, 3.05) is 31.1 Å². The zero-order valence-electron chi connectivity index (χ0n) is 12.8. The van der Waals surface area contributed by atoms with Gasteiger partial charge in [0.15, 0.2) is 0 Å². The second-order valence-corrected chi connectivity index (χ2v) is 6.81. The van der Waals surface area contributed by atoms with Crippen LogP contribution in [0.2, 0.25) is 0 Å². The zero-order valence-corrected chi connectivity index (χ0v) is 12.8. The second-order valence-electron chi connectivity index (χ2n) is 6.81. The zero-order chi connectivity index (χ0) is 14.1. The van der Waals surface area contributed by atoms with E-state index in [9.17, 15) is 0 Å². The van der Waals surface area contributed by atoms with Gasteiger partial charge in [-0.2, -0.15) is 0 Å². The van der Waals surface area contributed by atoms with Crippen LogP contribution in [0.25, 0.3) is 0 Å². The van der Waals surface area contributed by atoms with Crippen molar-refractivity contribution >= 4 is 5.82 Å². The molecule has 1 aliphatic carbocycles. The molecule has 3 heterocycles. The second kappa shape index (κ2) is 5.93. The molecule has 0 spiro atoms. The number of rotatable bonds is 4. The van der Waals surface area contributed by atoms with Crippen molar-refractivity contribution in [3.05, 3.63) is 23.9 Å². The summed E-state index contributed by atoms with van der Waals surface area (Å²) in [5.74, 6) is 1.17. The molecular weight excluding hydrogens is 260 g/mol. The Hall–Kier alpha value is -1.13. The lowest BCUT2D eigenvalue weighted by Gasteiger charge is -2.26. The average molecular weight is 286 g/mol. The minimum atomic E-state index is 0.755. The van der Waals surface area contributed by atoms with E-state index in [0.29, 0.717) is 0 Å². The van der Waals surface area contributed by atoms with E-state index >= 15 is 0 Å². The van der Waals surface area contributed by atoms with Crippen molar-refractivity contribution in [1.82, 2.24) is 15.2 Å². The topological polar surface area (TPSA) is 31.4 Å². The van der Waals surface area contributed by atoms with E-state index in [1.807, 2.05) is 0 Å². The van der Waals surface area contributed by atoms with Gasteiger partial charge in [0.1, 0.15) is 5.82 Å². The molecule has 4 rings (SSSR count). The molecule has 0 aromatic carbocycles. The minimum absolute atomic E-state index is 0.755. The van der Waals surface area contributed by atoms with Crippen molar-refractivity contribution in [2.24, 2.45) is 0 Å². The normalized spacial score (nSPS) is 26.7. The number of nitrogens with one attached hydrogen (secondary N) is 1. The summed E-state index contributed by atoms with van der Waals surface area (Å²) < 4.78 is 0. The molecule has 21 heavy (non-hydrogen) atoms. The van der Waals surface area contributed by atoms with Gasteiger partial charge in [-0.1, -0.05) is 6.07 Å². The fourth-order valence-electron chi connectivity index (χ4n) is 3.67. The molecule has 3 aliphatic rings. The molecule has 3 fully saturated rings. The van der Waals surface area contributed by atoms with Crippen molar-refractivity contribution < 1.29 is 0 Å². The third-order valence-corrected chi connectivity index (χ3v) is 5.11. The molecular formula is C17H26N4. The van der Waals surface area contributed by atoms with E-state index in [4.69, 9.17) is 4.98 Å². The number of nitrogens with zero attached hydrogens (tertiary/aromatic N) is 3. The predicted molar refractivity (Wildman–Crippen MR) is 85.5 cm³/mol. The smallest absolute Gasteiger partial charge is 0.128 e. The highest BCUT2D eigenvalue weighted by molar-refractivity contribution is 5.40. The lowest BCUT2D eigenvalue weighted by atomic mass is 10.2. The van der Waals surface area contributed by atoms with Crippen molar-refractivity contribution in [1.29, 1.82) is 0 Å². The van der Waals surface area contributed by atoms with E-state index in [-0.39, 0.29) is 0 Å². The van der Waals surface area contributed by atoms with Gasteiger partial charge in [-0.05, 0) is 50.3 Å². The van der Waals surface area contributed by atoms with Gasteiger partial charge >= 0.3 is 0 Å². The van der Waals surface area contributed by atoms with Gasteiger partial charge in [0.05, 0.1) is 0 Å². The van der Waals surface area contributed by atoms with Crippen molar-refractivity contribution in [2.45, 2.75) is 50.7 Å². The van der Waals surface area contributed by atoms with Gasteiger partial charge in [0.25, 0.3) is 0 Å². The molecule has 4 nitrogen and oxygen atoms in total. The first-order valence-corrected chi connectivity index (χ1v) is 8.56. The lowest BCUT2D eigenvalue weighted by molar-refractivity contribution is 0.273. The lowest BCUT2D eigenvalue weighted by Crippen LogP contribution is -2.36. The molecule has 4 heteroatoms.